The van der Waals surface area contributed by atoms with Crippen molar-refractivity contribution >= 4 is 49.6 Å². The number of benzene rings is 9. The van der Waals surface area contributed by atoms with E-state index in [1.807, 2.05) is 0 Å². The Morgan fingerprint density at radius 3 is 1.65 bits per heavy atom. The SMILES string of the molecule is c1ccc(-c2ccc(N(c3ccc4c5ccccc5n(-c5ccccc5)c4c3)c3ccc(-c4ccc5ccccc5c4)cc3-c3ccccc3)cc2)cc1. The molecule has 0 N–H and O–H groups in total. The molecule has 0 amide bonds. The lowest BCUT2D eigenvalue weighted by atomic mass is 9.95. The fraction of sp³-hybridized carbons (Fsp3) is 0. The summed E-state index contributed by atoms with van der Waals surface area (Å²) in [5.74, 6) is 0. The Hall–Kier alpha value is -7.16. The third-order valence-electron chi connectivity index (χ3n) is 10.6. The van der Waals surface area contributed by atoms with Crippen LogP contribution in [0.1, 0.15) is 0 Å². The normalized spacial score (nSPS) is 11.3. The quantitative estimate of drug-likeness (QED) is 0.162. The molecule has 0 aliphatic carbocycles. The Balaban J connectivity index is 1.21. The van der Waals surface area contributed by atoms with E-state index in [2.05, 4.69) is 228 Å². The van der Waals surface area contributed by atoms with E-state index in [0.29, 0.717) is 0 Å². The Kier molecular flexibility index (Phi) is 7.85. The molecule has 0 aliphatic rings. The third kappa shape index (κ3) is 5.62. The van der Waals surface area contributed by atoms with Crippen molar-refractivity contribution < 1.29 is 0 Å². The van der Waals surface area contributed by atoms with Crippen LogP contribution in [-0.2, 0) is 0 Å². The number of nitrogens with zero attached hydrogens (tertiary/aromatic N) is 2. The third-order valence-corrected chi connectivity index (χ3v) is 10.6. The molecule has 1 aromatic heterocycles. The molecule has 2 nitrogen and oxygen atoms in total. The van der Waals surface area contributed by atoms with Gasteiger partial charge in [-0.2, -0.15) is 0 Å². The molecule has 254 valence electrons. The van der Waals surface area contributed by atoms with Crippen LogP contribution in [0.3, 0.4) is 0 Å². The van der Waals surface area contributed by atoms with Crippen molar-refractivity contribution in [2.45, 2.75) is 0 Å². The number of hydrogen-bond donors (Lipinski definition) is 0. The molecule has 0 atom stereocenters. The second-order valence-corrected chi connectivity index (χ2v) is 13.8. The van der Waals surface area contributed by atoms with Gasteiger partial charge in [-0.25, -0.2) is 0 Å². The second-order valence-electron chi connectivity index (χ2n) is 13.8. The molecule has 0 saturated heterocycles. The molecule has 0 fully saturated rings. The van der Waals surface area contributed by atoms with Crippen LogP contribution in [0, 0.1) is 0 Å². The highest BCUT2D eigenvalue weighted by molar-refractivity contribution is 6.10. The van der Waals surface area contributed by atoms with Crippen molar-refractivity contribution in [1.82, 2.24) is 4.57 Å². The van der Waals surface area contributed by atoms with E-state index in [9.17, 15) is 0 Å². The van der Waals surface area contributed by atoms with Crippen molar-refractivity contribution in [2.75, 3.05) is 4.90 Å². The van der Waals surface area contributed by atoms with Gasteiger partial charge in [0.25, 0.3) is 0 Å². The van der Waals surface area contributed by atoms with Crippen LogP contribution in [0.15, 0.2) is 218 Å². The average molecular weight is 689 g/mol. The molecular weight excluding hydrogens is 653 g/mol. The first kappa shape index (κ1) is 31.6. The largest absolute Gasteiger partial charge is 0.310 e. The Bertz CT molecular complexity index is 2910. The van der Waals surface area contributed by atoms with Crippen LogP contribution < -0.4 is 4.90 Å². The zero-order valence-electron chi connectivity index (χ0n) is 29.7. The van der Waals surface area contributed by atoms with Crippen molar-refractivity contribution in [1.29, 1.82) is 0 Å². The second kappa shape index (κ2) is 13.4. The summed E-state index contributed by atoms with van der Waals surface area (Å²) in [5, 5.41) is 4.95. The maximum absolute atomic E-state index is 2.42. The first-order valence-corrected chi connectivity index (χ1v) is 18.5. The minimum atomic E-state index is 1.09. The number of para-hydroxylation sites is 2. The molecule has 2 heteroatoms. The summed E-state index contributed by atoms with van der Waals surface area (Å²) in [6, 6.07) is 79.0. The van der Waals surface area contributed by atoms with Gasteiger partial charge in [0.1, 0.15) is 0 Å². The van der Waals surface area contributed by atoms with Crippen molar-refractivity contribution in [3.8, 4) is 39.1 Å². The van der Waals surface area contributed by atoms with E-state index in [-0.39, 0.29) is 0 Å². The summed E-state index contributed by atoms with van der Waals surface area (Å²) in [5.41, 5.74) is 13.9. The maximum atomic E-state index is 2.42. The van der Waals surface area contributed by atoms with Gasteiger partial charge >= 0.3 is 0 Å². The minimum Gasteiger partial charge on any atom is -0.310 e. The predicted molar refractivity (Wildman–Crippen MR) is 229 cm³/mol. The fourth-order valence-corrected chi connectivity index (χ4v) is 7.94. The molecule has 9 aromatic carbocycles. The summed E-state index contributed by atoms with van der Waals surface area (Å²) in [7, 11) is 0. The molecule has 0 radical (unpaired) electrons. The first-order chi connectivity index (χ1) is 26.8. The van der Waals surface area contributed by atoms with E-state index in [4.69, 9.17) is 0 Å². The van der Waals surface area contributed by atoms with Gasteiger partial charge in [0, 0.05) is 33.4 Å². The number of hydrogen-bond acceptors (Lipinski definition) is 1. The number of aromatic nitrogens is 1. The lowest BCUT2D eigenvalue weighted by molar-refractivity contribution is 1.18. The van der Waals surface area contributed by atoms with Crippen LogP contribution >= 0.6 is 0 Å². The van der Waals surface area contributed by atoms with E-state index < -0.39 is 0 Å². The van der Waals surface area contributed by atoms with E-state index >= 15 is 0 Å². The van der Waals surface area contributed by atoms with Gasteiger partial charge in [-0.15, -0.1) is 0 Å². The summed E-state index contributed by atoms with van der Waals surface area (Å²) < 4.78 is 2.39. The van der Waals surface area contributed by atoms with Crippen LogP contribution in [-0.4, -0.2) is 4.57 Å². The van der Waals surface area contributed by atoms with Crippen LogP contribution in [0.2, 0.25) is 0 Å². The van der Waals surface area contributed by atoms with Crippen molar-refractivity contribution in [2.24, 2.45) is 0 Å². The van der Waals surface area contributed by atoms with Crippen LogP contribution in [0.5, 0.6) is 0 Å². The van der Waals surface area contributed by atoms with Crippen LogP contribution in [0.4, 0.5) is 17.1 Å². The smallest absolute Gasteiger partial charge is 0.0561 e. The Morgan fingerprint density at radius 1 is 0.315 bits per heavy atom. The molecule has 0 aliphatic heterocycles. The minimum absolute atomic E-state index is 1.09. The molecule has 0 spiro atoms. The maximum Gasteiger partial charge on any atom is 0.0561 e. The molecule has 54 heavy (non-hydrogen) atoms. The molecule has 10 rings (SSSR count). The number of fused-ring (bicyclic) bond motifs is 4. The monoisotopic (exact) mass is 688 g/mol. The molecule has 0 saturated carbocycles. The molecule has 1 heterocycles. The summed E-state index contributed by atoms with van der Waals surface area (Å²) >= 11 is 0. The lowest BCUT2D eigenvalue weighted by Gasteiger charge is -2.29. The average Bonchev–Trinajstić information content (AvgIpc) is 3.58. The number of anilines is 3. The Labute approximate surface area is 315 Å². The van der Waals surface area contributed by atoms with E-state index in [1.165, 1.54) is 60.4 Å². The summed E-state index contributed by atoms with van der Waals surface area (Å²) in [6.45, 7) is 0. The summed E-state index contributed by atoms with van der Waals surface area (Å²) in [6.07, 6.45) is 0. The van der Waals surface area contributed by atoms with E-state index in [0.717, 1.165) is 28.3 Å². The number of rotatable bonds is 7. The molecule has 0 unspecified atom stereocenters. The lowest BCUT2D eigenvalue weighted by Crippen LogP contribution is -2.11. The highest BCUT2D eigenvalue weighted by Crippen LogP contribution is 2.45. The standard InChI is InChI=1S/C52H36N2/c1-4-14-37(15-5-1)39-26-29-45(30-27-39)53(46-31-32-48-47-22-12-13-23-50(47)54(52(48)36-46)44-20-8-3-9-21-44)51-33-28-43(35-49(51)40-17-6-2-7-18-40)42-25-24-38-16-10-11-19-41(38)34-42/h1-36H. The fourth-order valence-electron chi connectivity index (χ4n) is 7.94. The van der Waals surface area contributed by atoms with Gasteiger partial charge in [0.05, 0.1) is 16.7 Å². The van der Waals surface area contributed by atoms with Gasteiger partial charge in [0.15, 0.2) is 0 Å². The van der Waals surface area contributed by atoms with Gasteiger partial charge < -0.3 is 9.47 Å². The zero-order chi connectivity index (χ0) is 35.8. The van der Waals surface area contributed by atoms with Gasteiger partial charge in [-0.05, 0) is 99.3 Å². The topological polar surface area (TPSA) is 8.17 Å². The first-order valence-electron chi connectivity index (χ1n) is 18.5. The zero-order valence-corrected chi connectivity index (χ0v) is 29.7. The molecule has 0 bridgehead atoms. The van der Waals surface area contributed by atoms with Crippen molar-refractivity contribution in [3.05, 3.63) is 218 Å². The predicted octanol–water partition coefficient (Wildman–Crippen LogP) is 14.4. The van der Waals surface area contributed by atoms with Gasteiger partial charge in [-0.1, -0.05) is 158 Å². The molecule has 10 aromatic rings. The van der Waals surface area contributed by atoms with Crippen molar-refractivity contribution in [3.63, 3.8) is 0 Å². The van der Waals surface area contributed by atoms with Crippen LogP contribution in [0.25, 0.3) is 71.6 Å². The summed E-state index contributed by atoms with van der Waals surface area (Å²) in [4.78, 5) is 2.42. The highest BCUT2D eigenvalue weighted by atomic mass is 15.1. The molecular formula is C52H36N2. The highest BCUT2D eigenvalue weighted by Gasteiger charge is 2.21. The van der Waals surface area contributed by atoms with Gasteiger partial charge in [0.2, 0.25) is 0 Å². The van der Waals surface area contributed by atoms with E-state index in [1.54, 1.807) is 0 Å². The Morgan fingerprint density at radius 2 is 0.870 bits per heavy atom. The van der Waals surface area contributed by atoms with Gasteiger partial charge in [-0.3, -0.25) is 0 Å².